The number of alkyl halides is 3. The minimum absolute atomic E-state index is 0.101. The molecule has 19 heavy (non-hydrogen) atoms. The number of phenols is 1. The molecule has 0 radical (unpaired) electrons. The maximum Gasteiger partial charge on any atom is 0.389 e. The van der Waals surface area contributed by atoms with E-state index in [2.05, 4.69) is 0 Å². The summed E-state index contributed by atoms with van der Waals surface area (Å²) >= 11 is 1.39. The van der Waals surface area contributed by atoms with E-state index in [1.165, 1.54) is 11.8 Å². The fraction of sp³-hybridized carbons (Fsp3) is 0.286. The van der Waals surface area contributed by atoms with Crippen LogP contribution in [0.15, 0.2) is 41.3 Å². The SMILES string of the molecule is Oc1ccc(SCCCC(F)(F)F)c2ccccc12. The maximum absolute atomic E-state index is 12.0. The van der Waals surface area contributed by atoms with Gasteiger partial charge >= 0.3 is 6.18 Å². The standard InChI is InChI=1S/C14H13F3OS/c15-14(16,17)8-3-9-19-13-7-6-12(18)10-4-1-2-5-11(10)13/h1-2,4-7,18H,3,8-9H2. The number of halogens is 3. The zero-order valence-corrected chi connectivity index (χ0v) is 10.9. The number of aromatic hydroxyl groups is 1. The predicted octanol–water partition coefficient (Wildman–Crippen LogP) is 4.98. The van der Waals surface area contributed by atoms with Crippen molar-refractivity contribution in [3.63, 3.8) is 0 Å². The van der Waals surface area contributed by atoms with Crippen LogP contribution in [0.5, 0.6) is 5.75 Å². The molecule has 0 saturated carbocycles. The molecule has 0 aromatic heterocycles. The lowest BCUT2D eigenvalue weighted by atomic mass is 10.1. The maximum atomic E-state index is 12.0. The number of rotatable bonds is 4. The van der Waals surface area contributed by atoms with Crippen molar-refractivity contribution in [1.82, 2.24) is 0 Å². The van der Waals surface area contributed by atoms with Gasteiger partial charge in [0.25, 0.3) is 0 Å². The summed E-state index contributed by atoms with van der Waals surface area (Å²) in [4.78, 5) is 0.899. The Labute approximate surface area is 113 Å². The molecule has 0 aliphatic carbocycles. The average molecular weight is 286 g/mol. The molecule has 2 rings (SSSR count). The predicted molar refractivity (Wildman–Crippen MR) is 71.6 cm³/mol. The van der Waals surface area contributed by atoms with Crippen LogP contribution in [0.1, 0.15) is 12.8 Å². The summed E-state index contributed by atoms with van der Waals surface area (Å²) in [6.07, 6.45) is -4.74. The second-order valence-corrected chi connectivity index (χ2v) is 5.33. The molecule has 0 fully saturated rings. The topological polar surface area (TPSA) is 20.2 Å². The second-order valence-electron chi connectivity index (χ2n) is 4.20. The summed E-state index contributed by atoms with van der Waals surface area (Å²) < 4.78 is 36.1. The Morgan fingerprint density at radius 3 is 2.37 bits per heavy atom. The van der Waals surface area contributed by atoms with Gasteiger partial charge in [0, 0.05) is 16.7 Å². The van der Waals surface area contributed by atoms with Gasteiger partial charge in [0.1, 0.15) is 5.75 Å². The highest BCUT2D eigenvalue weighted by atomic mass is 32.2. The third kappa shape index (κ3) is 3.80. The Morgan fingerprint density at radius 1 is 1.00 bits per heavy atom. The van der Waals surface area contributed by atoms with Crippen LogP contribution in [0.4, 0.5) is 13.2 Å². The van der Waals surface area contributed by atoms with E-state index < -0.39 is 12.6 Å². The summed E-state index contributed by atoms with van der Waals surface area (Å²) in [5.41, 5.74) is 0. The molecule has 2 aromatic rings. The quantitative estimate of drug-likeness (QED) is 0.632. The van der Waals surface area contributed by atoms with E-state index in [1.807, 2.05) is 18.2 Å². The zero-order valence-electron chi connectivity index (χ0n) is 10.1. The molecule has 0 amide bonds. The minimum Gasteiger partial charge on any atom is -0.507 e. The van der Waals surface area contributed by atoms with Crippen molar-refractivity contribution in [3.8, 4) is 5.75 Å². The van der Waals surface area contributed by atoms with Gasteiger partial charge in [-0.15, -0.1) is 11.8 Å². The van der Waals surface area contributed by atoms with Gasteiger partial charge in [-0.1, -0.05) is 24.3 Å². The molecule has 0 aliphatic heterocycles. The first-order valence-electron chi connectivity index (χ1n) is 5.87. The minimum atomic E-state index is -4.09. The molecule has 0 saturated heterocycles. The third-order valence-corrected chi connectivity index (χ3v) is 3.88. The Balaban J connectivity index is 2.07. The summed E-state index contributed by atoms with van der Waals surface area (Å²) in [6.45, 7) is 0. The first-order chi connectivity index (χ1) is 8.97. The van der Waals surface area contributed by atoms with Gasteiger partial charge in [0.2, 0.25) is 0 Å². The molecule has 0 atom stereocenters. The van der Waals surface area contributed by atoms with E-state index in [9.17, 15) is 18.3 Å². The first-order valence-corrected chi connectivity index (χ1v) is 6.86. The lowest BCUT2D eigenvalue weighted by molar-refractivity contribution is -0.134. The van der Waals surface area contributed by atoms with Crippen LogP contribution >= 0.6 is 11.8 Å². The fourth-order valence-electron chi connectivity index (χ4n) is 1.84. The monoisotopic (exact) mass is 286 g/mol. The van der Waals surface area contributed by atoms with E-state index in [-0.39, 0.29) is 12.2 Å². The highest BCUT2D eigenvalue weighted by molar-refractivity contribution is 7.99. The third-order valence-electron chi connectivity index (χ3n) is 2.72. The van der Waals surface area contributed by atoms with Crippen molar-refractivity contribution in [2.45, 2.75) is 23.9 Å². The van der Waals surface area contributed by atoms with Crippen LogP contribution in [-0.2, 0) is 0 Å². The molecular weight excluding hydrogens is 273 g/mol. The highest BCUT2D eigenvalue weighted by Crippen LogP contribution is 2.34. The first kappa shape index (κ1) is 14.1. The van der Waals surface area contributed by atoms with Crippen LogP contribution < -0.4 is 0 Å². The van der Waals surface area contributed by atoms with Gasteiger partial charge in [-0.05, 0) is 29.7 Å². The van der Waals surface area contributed by atoms with Gasteiger partial charge in [0.15, 0.2) is 0 Å². The molecule has 1 N–H and O–H groups in total. The van der Waals surface area contributed by atoms with Crippen LogP contribution in [0.25, 0.3) is 10.8 Å². The lowest BCUT2D eigenvalue weighted by Gasteiger charge is -2.09. The Kier molecular flexibility index (Phi) is 4.24. The lowest BCUT2D eigenvalue weighted by Crippen LogP contribution is -2.06. The molecule has 5 heteroatoms. The number of benzene rings is 2. The van der Waals surface area contributed by atoms with Gasteiger partial charge in [-0.2, -0.15) is 13.2 Å². The van der Waals surface area contributed by atoms with Gasteiger partial charge in [-0.25, -0.2) is 0 Å². The molecule has 0 spiro atoms. The molecule has 0 bridgehead atoms. The average Bonchev–Trinajstić information content (AvgIpc) is 2.36. The summed E-state index contributed by atoms with van der Waals surface area (Å²) in [6, 6.07) is 10.7. The van der Waals surface area contributed by atoms with Gasteiger partial charge in [0.05, 0.1) is 0 Å². The largest absolute Gasteiger partial charge is 0.507 e. The van der Waals surface area contributed by atoms with Crippen LogP contribution in [-0.4, -0.2) is 17.0 Å². The van der Waals surface area contributed by atoms with Crippen molar-refractivity contribution < 1.29 is 18.3 Å². The van der Waals surface area contributed by atoms with E-state index in [0.717, 1.165) is 15.7 Å². The van der Waals surface area contributed by atoms with E-state index >= 15 is 0 Å². The second kappa shape index (κ2) is 5.74. The smallest absolute Gasteiger partial charge is 0.389 e. The van der Waals surface area contributed by atoms with Crippen molar-refractivity contribution in [1.29, 1.82) is 0 Å². The number of hydrogen-bond acceptors (Lipinski definition) is 2. The Bertz CT molecular complexity index is 566. The van der Waals surface area contributed by atoms with E-state index in [0.29, 0.717) is 5.75 Å². The van der Waals surface area contributed by atoms with Crippen molar-refractivity contribution >= 4 is 22.5 Å². The highest BCUT2D eigenvalue weighted by Gasteiger charge is 2.25. The van der Waals surface area contributed by atoms with Crippen molar-refractivity contribution in [3.05, 3.63) is 36.4 Å². The Morgan fingerprint density at radius 2 is 1.68 bits per heavy atom. The summed E-state index contributed by atoms with van der Waals surface area (Å²) in [7, 11) is 0. The number of hydrogen-bond donors (Lipinski definition) is 1. The van der Waals surface area contributed by atoms with Crippen LogP contribution in [0, 0.1) is 0 Å². The molecule has 2 aromatic carbocycles. The molecular formula is C14H13F3OS. The van der Waals surface area contributed by atoms with Crippen molar-refractivity contribution in [2.75, 3.05) is 5.75 Å². The van der Waals surface area contributed by atoms with Crippen molar-refractivity contribution in [2.24, 2.45) is 0 Å². The Hall–Kier alpha value is -1.36. The van der Waals surface area contributed by atoms with Gasteiger partial charge < -0.3 is 5.11 Å². The molecule has 0 heterocycles. The molecule has 1 nitrogen and oxygen atoms in total. The zero-order chi connectivity index (χ0) is 13.9. The van der Waals surface area contributed by atoms with Gasteiger partial charge in [-0.3, -0.25) is 0 Å². The summed E-state index contributed by atoms with van der Waals surface area (Å²) in [5, 5.41) is 11.3. The molecule has 0 aliphatic rings. The number of fused-ring (bicyclic) bond motifs is 1. The van der Waals surface area contributed by atoms with Crippen LogP contribution in [0.3, 0.4) is 0 Å². The van der Waals surface area contributed by atoms with E-state index in [4.69, 9.17) is 0 Å². The van der Waals surface area contributed by atoms with Crippen LogP contribution in [0.2, 0.25) is 0 Å². The van der Waals surface area contributed by atoms with E-state index in [1.54, 1.807) is 18.2 Å². The number of thioether (sulfide) groups is 1. The molecule has 102 valence electrons. The molecule has 0 unspecified atom stereocenters. The number of phenolic OH excluding ortho intramolecular Hbond substituents is 1. The normalized spacial score (nSPS) is 11.9. The fourth-order valence-corrected chi connectivity index (χ4v) is 2.84. The summed E-state index contributed by atoms with van der Waals surface area (Å²) in [5.74, 6) is 0.601.